The molecule has 2 aliphatic heterocycles. The topological polar surface area (TPSA) is 165 Å². The van der Waals surface area contributed by atoms with E-state index < -0.39 is 5.91 Å². The van der Waals surface area contributed by atoms with Gasteiger partial charge in [0.1, 0.15) is 5.75 Å². The average Bonchev–Trinajstić information content (AvgIpc) is 3.04. The van der Waals surface area contributed by atoms with Crippen LogP contribution in [0.1, 0.15) is 57.4 Å². The van der Waals surface area contributed by atoms with Crippen LogP contribution in [-0.4, -0.2) is 89.8 Å². The Bertz CT molecular complexity index is 1430. The Kier molecular flexibility index (Phi) is 9.62. The minimum atomic E-state index is -0.775. The number of nitrogens with zero attached hydrogens (tertiary/aromatic N) is 5. The van der Waals surface area contributed by atoms with Crippen molar-refractivity contribution >= 4 is 35.2 Å². The van der Waals surface area contributed by atoms with Gasteiger partial charge in [-0.3, -0.25) is 14.4 Å². The third-order valence-electron chi connectivity index (χ3n) is 7.23. The maximum absolute atomic E-state index is 12.9. The van der Waals surface area contributed by atoms with Gasteiger partial charge < -0.3 is 35.6 Å². The van der Waals surface area contributed by atoms with E-state index in [1.54, 1.807) is 53.4 Å². The number of ether oxygens (including phenoxy) is 2. The van der Waals surface area contributed by atoms with Crippen molar-refractivity contribution in [1.29, 1.82) is 0 Å². The molecule has 13 heteroatoms. The summed E-state index contributed by atoms with van der Waals surface area (Å²) in [5.74, 6) is 0.179. The average molecular weight is 589 g/mol. The van der Waals surface area contributed by atoms with E-state index in [0.29, 0.717) is 68.8 Å². The fourth-order valence-electron chi connectivity index (χ4n) is 4.95. The summed E-state index contributed by atoms with van der Waals surface area (Å²) in [6.07, 6.45) is 2.51. The maximum Gasteiger partial charge on any atom is 0.273 e. The Balaban J connectivity index is 1.24. The van der Waals surface area contributed by atoms with Crippen LogP contribution >= 0.6 is 0 Å². The van der Waals surface area contributed by atoms with Gasteiger partial charge in [-0.1, -0.05) is 6.92 Å². The first-order chi connectivity index (χ1) is 20.9. The number of hydrogen-bond donors (Lipinski definition) is 3. The van der Waals surface area contributed by atoms with E-state index in [0.717, 1.165) is 25.0 Å². The molecular formula is C30H36N8O5. The Morgan fingerprint density at radius 3 is 2.42 bits per heavy atom. The van der Waals surface area contributed by atoms with Crippen molar-refractivity contribution in [3.63, 3.8) is 0 Å². The van der Waals surface area contributed by atoms with Crippen LogP contribution in [0.2, 0.25) is 0 Å². The molecule has 0 saturated carbocycles. The van der Waals surface area contributed by atoms with E-state index in [9.17, 15) is 14.4 Å². The normalized spacial score (nSPS) is 16.8. The second-order valence-electron chi connectivity index (χ2n) is 10.4. The van der Waals surface area contributed by atoms with E-state index in [1.165, 1.54) is 0 Å². The molecule has 5 rings (SSSR count). The standard InChI is InChI=1S/C30H36N8O5/c1-2-16-43-24-11-7-20(8-12-24)28(40)33-23-4-3-13-38(19-23)30-34-27(25(26(31)39)35-36-30)32-22-9-5-21(6-10-22)29(41)37-14-17-42-18-15-37/h5-12,23H,2-4,13-19H2,1H3,(H2,31,39)(H,33,40)(H,32,34,36). The van der Waals surface area contributed by atoms with Gasteiger partial charge in [0.05, 0.1) is 19.8 Å². The van der Waals surface area contributed by atoms with E-state index in [1.807, 2.05) is 11.8 Å². The first-order valence-corrected chi connectivity index (χ1v) is 14.5. The van der Waals surface area contributed by atoms with Gasteiger partial charge in [0.25, 0.3) is 17.7 Å². The molecular weight excluding hydrogens is 552 g/mol. The fraction of sp³-hybridized carbons (Fsp3) is 0.400. The minimum Gasteiger partial charge on any atom is -0.494 e. The summed E-state index contributed by atoms with van der Waals surface area (Å²) in [6, 6.07) is 13.8. The smallest absolute Gasteiger partial charge is 0.273 e. The van der Waals surface area contributed by atoms with Crippen molar-refractivity contribution in [2.75, 3.05) is 56.2 Å². The van der Waals surface area contributed by atoms with Crippen LogP contribution < -0.4 is 26.0 Å². The van der Waals surface area contributed by atoms with E-state index >= 15 is 0 Å². The summed E-state index contributed by atoms with van der Waals surface area (Å²) in [6.45, 7) is 5.95. The Morgan fingerprint density at radius 1 is 1.00 bits per heavy atom. The molecule has 13 nitrogen and oxygen atoms in total. The second kappa shape index (κ2) is 13.9. The number of nitrogens with one attached hydrogen (secondary N) is 2. The number of aromatic nitrogens is 3. The molecule has 226 valence electrons. The molecule has 3 heterocycles. The predicted octanol–water partition coefficient (Wildman–Crippen LogP) is 2.37. The van der Waals surface area contributed by atoms with Crippen LogP contribution in [0.4, 0.5) is 17.5 Å². The number of piperidine rings is 1. The molecule has 0 aliphatic carbocycles. The predicted molar refractivity (Wildman–Crippen MR) is 160 cm³/mol. The van der Waals surface area contributed by atoms with Crippen molar-refractivity contribution < 1.29 is 23.9 Å². The zero-order valence-corrected chi connectivity index (χ0v) is 24.1. The molecule has 4 N–H and O–H groups in total. The molecule has 1 aromatic heterocycles. The summed E-state index contributed by atoms with van der Waals surface area (Å²) in [5.41, 5.74) is 7.15. The highest BCUT2D eigenvalue weighted by atomic mass is 16.5. The first kappa shape index (κ1) is 29.7. The zero-order chi connectivity index (χ0) is 30.2. The highest BCUT2D eigenvalue weighted by molar-refractivity contribution is 5.97. The summed E-state index contributed by atoms with van der Waals surface area (Å²) in [4.78, 5) is 46.0. The Hall–Kier alpha value is -4.78. The summed E-state index contributed by atoms with van der Waals surface area (Å²) in [7, 11) is 0. The fourth-order valence-corrected chi connectivity index (χ4v) is 4.95. The first-order valence-electron chi connectivity index (χ1n) is 14.5. The number of primary amides is 1. The molecule has 2 saturated heterocycles. The number of benzene rings is 2. The number of nitrogens with two attached hydrogens (primary N) is 1. The van der Waals surface area contributed by atoms with Crippen LogP contribution in [0.3, 0.4) is 0 Å². The van der Waals surface area contributed by atoms with Gasteiger partial charge in [0.2, 0.25) is 5.95 Å². The van der Waals surface area contributed by atoms with Crippen LogP contribution in [-0.2, 0) is 4.74 Å². The van der Waals surface area contributed by atoms with Gasteiger partial charge in [0.15, 0.2) is 11.5 Å². The number of carbonyl (C=O) groups excluding carboxylic acids is 3. The molecule has 3 amide bonds. The molecule has 2 fully saturated rings. The van der Waals surface area contributed by atoms with Crippen molar-refractivity contribution in [2.24, 2.45) is 5.73 Å². The van der Waals surface area contributed by atoms with Crippen LogP contribution in [0.15, 0.2) is 48.5 Å². The lowest BCUT2D eigenvalue weighted by atomic mass is 10.1. The van der Waals surface area contributed by atoms with Gasteiger partial charge in [-0.25, -0.2) is 0 Å². The van der Waals surface area contributed by atoms with Crippen molar-refractivity contribution in [3.05, 3.63) is 65.4 Å². The lowest BCUT2D eigenvalue weighted by molar-refractivity contribution is 0.0303. The van der Waals surface area contributed by atoms with E-state index in [2.05, 4.69) is 25.8 Å². The van der Waals surface area contributed by atoms with E-state index in [-0.39, 0.29) is 29.4 Å². The van der Waals surface area contributed by atoms with Crippen LogP contribution in [0.5, 0.6) is 5.75 Å². The van der Waals surface area contributed by atoms with Gasteiger partial charge in [-0.15, -0.1) is 10.2 Å². The number of anilines is 3. The zero-order valence-electron chi connectivity index (χ0n) is 24.1. The molecule has 0 radical (unpaired) electrons. The van der Waals surface area contributed by atoms with Gasteiger partial charge in [-0.05, 0) is 67.8 Å². The van der Waals surface area contributed by atoms with Crippen molar-refractivity contribution in [3.8, 4) is 5.75 Å². The third-order valence-corrected chi connectivity index (χ3v) is 7.23. The van der Waals surface area contributed by atoms with Crippen molar-refractivity contribution in [2.45, 2.75) is 32.2 Å². The molecule has 0 bridgehead atoms. The minimum absolute atomic E-state index is 0.0663. The number of morpholine rings is 1. The number of amides is 3. The summed E-state index contributed by atoms with van der Waals surface area (Å²) in [5, 5.41) is 14.4. The molecule has 1 unspecified atom stereocenters. The monoisotopic (exact) mass is 588 g/mol. The molecule has 0 spiro atoms. The Labute approximate surface area is 249 Å². The van der Waals surface area contributed by atoms with E-state index in [4.69, 9.17) is 15.2 Å². The maximum atomic E-state index is 12.9. The number of rotatable bonds is 10. The Morgan fingerprint density at radius 2 is 1.72 bits per heavy atom. The SMILES string of the molecule is CCCOc1ccc(C(=O)NC2CCCN(c3nnc(C(N)=O)c(Nc4ccc(C(=O)N5CCOCC5)cc4)n3)C2)cc1. The second-order valence-corrected chi connectivity index (χ2v) is 10.4. The quantitative estimate of drug-likeness (QED) is 0.320. The molecule has 1 atom stereocenters. The summed E-state index contributed by atoms with van der Waals surface area (Å²) >= 11 is 0. The number of hydrogen-bond acceptors (Lipinski definition) is 10. The molecule has 2 aliphatic rings. The lowest BCUT2D eigenvalue weighted by Crippen LogP contribution is -2.48. The highest BCUT2D eigenvalue weighted by Crippen LogP contribution is 2.23. The van der Waals surface area contributed by atoms with Gasteiger partial charge in [0, 0.05) is 49.0 Å². The lowest BCUT2D eigenvalue weighted by Gasteiger charge is -2.33. The highest BCUT2D eigenvalue weighted by Gasteiger charge is 2.26. The van der Waals surface area contributed by atoms with Crippen molar-refractivity contribution in [1.82, 2.24) is 25.4 Å². The van der Waals surface area contributed by atoms with Gasteiger partial charge in [-0.2, -0.15) is 4.98 Å². The van der Waals surface area contributed by atoms with Gasteiger partial charge >= 0.3 is 0 Å². The van der Waals surface area contributed by atoms with Crippen LogP contribution in [0, 0.1) is 0 Å². The molecule has 2 aromatic carbocycles. The molecule has 3 aromatic rings. The third kappa shape index (κ3) is 7.55. The number of carbonyl (C=O) groups is 3. The molecule has 43 heavy (non-hydrogen) atoms. The largest absolute Gasteiger partial charge is 0.494 e. The summed E-state index contributed by atoms with van der Waals surface area (Å²) < 4.78 is 10.9. The van der Waals surface area contributed by atoms with Crippen LogP contribution in [0.25, 0.3) is 0 Å².